The maximum atomic E-state index is 11.7. The van der Waals surface area contributed by atoms with E-state index in [1.165, 1.54) is 37.6 Å². The molecule has 1 heterocycles. The monoisotopic (exact) mass is 261 g/mol. The summed E-state index contributed by atoms with van der Waals surface area (Å²) >= 11 is 0. The number of para-hydroxylation sites is 1. The Morgan fingerprint density at radius 1 is 1.26 bits per heavy atom. The van der Waals surface area contributed by atoms with E-state index in [1.807, 2.05) is 0 Å². The van der Waals surface area contributed by atoms with Crippen molar-refractivity contribution in [2.75, 3.05) is 12.4 Å². The summed E-state index contributed by atoms with van der Waals surface area (Å²) in [4.78, 5) is 23.1. The predicted octanol–water partition coefficient (Wildman–Crippen LogP) is 2.02. The normalized spacial score (nSPS) is 9.95. The van der Waals surface area contributed by atoms with Crippen LogP contribution in [0.5, 0.6) is 5.75 Å². The van der Waals surface area contributed by atoms with E-state index in [4.69, 9.17) is 4.42 Å². The SMILES string of the molecule is COC(=O)c1cccc(NC(=O)c2ccco2)c1O. The number of aromatic hydroxyl groups is 1. The Hall–Kier alpha value is -2.76. The molecular formula is C13H11NO5. The second kappa shape index (κ2) is 5.26. The van der Waals surface area contributed by atoms with Gasteiger partial charge in [-0.25, -0.2) is 4.79 Å². The van der Waals surface area contributed by atoms with Crippen LogP contribution < -0.4 is 5.32 Å². The number of rotatable bonds is 3. The standard InChI is InChI=1S/C13H11NO5/c1-18-13(17)8-4-2-5-9(11(8)15)14-12(16)10-6-3-7-19-10/h2-7,15H,1H3,(H,14,16). The molecule has 0 radical (unpaired) electrons. The van der Waals surface area contributed by atoms with Crippen LogP contribution in [-0.2, 0) is 4.74 Å². The number of ether oxygens (including phenoxy) is 1. The smallest absolute Gasteiger partial charge is 0.341 e. The zero-order chi connectivity index (χ0) is 13.8. The lowest BCUT2D eigenvalue weighted by atomic mass is 10.1. The van der Waals surface area contributed by atoms with Gasteiger partial charge < -0.3 is 19.6 Å². The fourth-order valence-electron chi connectivity index (χ4n) is 1.51. The van der Waals surface area contributed by atoms with Gasteiger partial charge in [0.05, 0.1) is 19.1 Å². The van der Waals surface area contributed by atoms with Crippen molar-refractivity contribution in [1.82, 2.24) is 0 Å². The summed E-state index contributed by atoms with van der Waals surface area (Å²) in [5.41, 5.74) is 0.0732. The summed E-state index contributed by atoms with van der Waals surface area (Å²) in [5.74, 6) is -1.47. The molecule has 0 atom stereocenters. The number of hydrogen-bond donors (Lipinski definition) is 2. The Labute approximate surface area is 108 Å². The van der Waals surface area contributed by atoms with Crippen molar-refractivity contribution in [2.45, 2.75) is 0 Å². The Bertz CT molecular complexity index is 604. The van der Waals surface area contributed by atoms with Crippen molar-refractivity contribution >= 4 is 17.6 Å². The number of benzene rings is 1. The number of methoxy groups -OCH3 is 1. The summed E-state index contributed by atoms with van der Waals surface area (Å²) in [6.07, 6.45) is 1.36. The second-order valence-electron chi connectivity index (χ2n) is 3.62. The minimum absolute atomic E-state index is 0.0280. The number of anilines is 1. The molecule has 0 spiro atoms. The molecule has 2 rings (SSSR count). The highest BCUT2D eigenvalue weighted by atomic mass is 16.5. The van der Waals surface area contributed by atoms with Gasteiger partial charge in [-0.15, -0.1) is 0 Å². The van der Waals surface area contributed by atoms with Crippen molar-refractivity contribution in [3.8, 4) is 5.75 Å². The number of phenols is 1. The molecule has 6 nitrogen and oxygen atoms in total. The van der Waals surface area contributed by atoms with E-state index in [0.29, 0.717) is 0 Å². The van der Waals surface area contributed by atoms with E-state index < -0.39 is 11.9 Å². The summed E-state index contributed by atoms with van der Waals surface area (Å²) in [7, 11) is 1.20. The first-order chi connectivity index (χ1) is 9.13. The molecule has 0 aliphatic rings. The third-order valence-corrected chi connectivity index (χ3v) is 2.43. The van der Waals surface area contributed by atoms with E-state index in [2.05, 4.69) is 10.1 Å². The maximum Gasteiger partial charge on any atom is 0.341 e. The molecule has 0 bridgehead atoms. The Morgan fingerprint density at radius 3 is 2.68 bits per heavy atom. The first-order valence-electron chi connectivity index (χ1n) is 5.38. The number of nitrogens with one attached hydrogen (secondary N) is 1. The number of phenolic OH excluding ortho intramolecular Hbond substituents is 1. The van der Waals surface area contributed by atoms with Gasteiger partial charge in [-0.05, 0) is 24.3 Å². The van der Waals surface area contributed by atoms with Gasteiger partial charge in [0.2, 0.25) is 0 Å². The summed E-state index contributed by atoms with van der Waals surface area (Å²) in [6.45, 7) is 0. The third kappa shape index (κ3) is 2.57. The van der Waals surface area contributed by atoms with Crippen LogP contribution in [0.4, 0.5) is 5.69 Å². The van der Waals surface area contributed by atoms with Crippen molar-refractivity contribution in [3.05, 3.63) is 47.9 Å². The quantitative estimate of drug-likeness (QED) is 0.651. The van der Waals surface area contributed by atoms with Crippen LogP contribution >= 0.6 is 0 Å². The second-order valence-corrected chi connectivity index (χ2v) is 3.62. The lowest BCUT2D eigenvalue weighted by Crippen LogP contribution is -2.12. The number of furan rings is 1. The highest BCUT2D eigenvalue weighted by Gasteiger charge is 2.17. The number of carbonyl (C=O) groups excluding carboxylic acids is 2. The van der Waals surface area contributed by atoms with E-state index in [-0.39, 0.29) is 22.8 Å². The number of hydrogen-bond acceptors (Lipinski definition) is 5. The molecule has 2 N–H and O–H groups in total. The summed E-state index contributed by atoms with van der Waals surface area (Å²) in [5, 5.41) is 12.3. The molecule has 0 unspecified atom stereocenters. The fraction of sp³-hybridized carbons (Fsp3) is 0.0769. The van der Waals surface area contributed by atoms with Crippen molar-refractivity contribution in [3.63, 3.8) is 0 Å². The molecule has 1 amide bonds. The van der Waals surface area contributed by atoms with Gasteiger partial charge >= 0.3 is 5.97 Å². The highest BCUT2D eigenvalue weighted by Crippen LogP contribution is 2.28. The molecule has 1 aromatic heterocycles. The van der Waals surface area contributed by atoms with Crippen LogP contribution in [0.15, 0.2) is 41.0 Å². The Kier molecular flexibility index (Phi) is 3.51. The molecule has 98 valence electrons. The number of amides is 1. The van der Waals surface area contributed by atoms with E-state index in [9.17, 15) is 14.7 Å². The van der Waals surface area contributed by atoms with Crippen LogP contribution in [0.2, 0.25) is 0 Å². The Balaban J connectivity index is 2.26. The van der Waals surface area contributed by atoms with Gasteiger partial charge in [-0.2, -0.15) is 0 Å². The molecule has 6 heteroatoms. The fourth-order valence-corrected chi connectivity index (χ4v) is 1.51. The van der Waals surface area contributed by atoms with Crippen molar-refractivity contribution in [1.29, 1.82) is 0 Å². The third-order valence-electron chi connectivity index (χ3n) is 2.43. The molecular weight excluding hydrogens is 250 g/mol. The van der Waals surface area contributed by atoms with E-state index >= 15 is 0 Å². The highest BCUT2D eigenvalue weighted by molar-refractivity contribution is 6.04. The van der Waals surface area contributed by atoms with Gasteiger partial charge in [0.1, 0.15) is 5.56 Å². The topological polar surface area (TPSA) is 88.8 Å². The van der Waals surface area contributed by atoms with Gasteiger partial charge in [-0.1, -0.05) is 6.07 Å². The largest absolute Gasteiger partial charge is 0.505 e. The van der Waals surface area contributed by atoms with Crippen LogP contribution in [0.25, 0.3) is 0 Å². The molecule has 0 fully saturated rings. The van der Waals surface area contributed by atoms with Crippen molar-refractivity contribution < 1.29 is 23.8 Å². The minimum atomic E-state index is -0.688. The molecule has 0 aliphatic carbocycles. The zero-order valence-electron chi connectivity index (χ0n) is 10.0. The van der Waals surface area contributed by atoms with Crippen LogP contribution in [0.1, 0.15) is 20.9 Å². The van der Waals surface area contributed by atoms with Crippen LogP contribution in [0.3, 0.4) is 0 Å². The van der Waals surface area contributed by atoms with E-state index in [1.54, 1.807) is 6.07 Å². The van der Waals surface area contributed by atoms with Crippen LogP contribution in [0, 0.1) is 0 Å². The number of esters is 1. The molecule has 0 aliphatic heterocycles. The van der Waals surface area contributed by atoms with Crippen molar-refractivity contribution in [2.24, 2.45) is 0 Å². The van der Waals surface area contributed by atoms with Gasteiger partial charge in [0.15, 0.2) is 11.5 Å². The molecule has 2 aromatic rings. The van der Waals surface area contributed by atoms with Crippen LogP contribution in [-0.4, -0.2) is 24.1 Å². The maximum absolute atomic E-state index is 11.7. The predicted molar refractivity (Wildman–Crippen MR) is 66.1 cm³/mol. The summed E-state index contributed by atoms with van der Waals surface area (Å²) < 4.78 is 9.44. The summed E-state index contributed by atoms with van der Waals surface area (Å²) in [6, 6.07) is 7.42. The lowest BCUT2D eigenvalue weighted by molar-refractivity contribution is 0.0597. The van der Waals surface area contributed by atoms with Gasteiger partial charge in [-0.3, -0.25) is 4.79 Å². The average molecular weight is 261 g/mol. The Morgan fingerprint density at radius 2 is 2.05 bits per heavy atom. The zero-order valence-corrected chi connectivity index (χ0v) is 10.0. The molecule has 0 saturated heterocycles. The first kappa shape index (κ1) is 12.7. The van der Waals surface area contributed by atoms with E-state index in [0.717, 1.165) is 0 Å². The minimum Gasteiger partial charge on any atom is -0.505 e. The lowest BCUT2D eigenvalue weighted by Gasteiger charge is -2.08. The first-order valence-corrected chi connectivity index (χ1v) is 5.38. The van der Waals surface area contributed by atoms with Gasteiger partial charge in [0.25, 0.3) is 5.91 Å². The van der Waals surface area contributed by atoms with Gasteiger partial charge in [0, 0.05) is 0 Å². The number of carbonyl (C=O) groups is 2. The molecule has 1 aromatic carbocycles. The average Bonchev–Trinajstić information content (AvgIpc) is 2.94. The molecule has 19 heavy (non-hydrogen) atoms. The molecule has 0 saturated carbocycles.